The lowest BCUT2D eigenvalue weighted by molar-refractivity contribution is 1.11. The zero-order chi connectivity index (χ0) is 9.68. The van der Waals surface area contributed by atoms with E-state index in [1.165, 1.54) is 0 Å². The Labute approximate surface area is 83.8 Å². The highest BCUT2D eigenvalue weighted by Gasteiger charge is 1.87. The molecule has 0 saturated heterocycles. The topological polar surface area (TPSA) is 12.9 Å². The molecule has 0 aliphatic heterocycles. The van der Waals surface area contributed by atoms with E-state index in [4.69, 9.17) is 11.6 Å². The third kappa shape index (κ3) is 2.85. The summed E-state index contributed by atoms with van der Waals surface area (Å²) in [4.78, 5) is 4.44. The Morgan fingerprint density at radius 1 is 1.38 bits per heavy atom. The minimum absolute atomic E-state index is 0.537. The molecule has 1 nitrogen and oxygen atoms in total. The fourth-order valence-electron chi connectivity index (χ4n) is 1.20. The number of halogens is 1. The Kier molecular flexibility index (Phi) is 3.97. The molecule has 1 heterocycles. The second kappa shape index (κ2) is 5.03. The molecule has 2 heteroatoms. The third-order valence-electron chi connectivity index (χ3n) is 1.79. The molecule has 0 unspecified atom stereocenters. The van der Waals surface area contributed by atoms with Crippen LogP contribution in [-0.4, -0.2) is 10.9 Å². The standard InChI is InChI=1S/C11H14ClN/c1-3-4-11-10(7-8-12)6-5-9(2)13-11/h4-7H,3,8H2,1-2H3/b10-7-,11-4+. The van der Waals surface area contributed by atoms with Gasteiger partial charge in [0.1, 0.15) is 0 Å². The largest absolute Gasteiger partial charge is 0.253 e. The summed E-state index contributed by atoms with van der Waals surface area (Å²) in [6.45, 7) is 4.10. The van der Waals surface area contributed by atoms with E-state index in [0.29, 0.717) is 5.88 Å². The van der Waals surface area contributed by atoms with Crippen LogP contribution in [0.4, 0.5) is 0 Å². The molecule has 0 N–H and O–H groups in total. The Balaban J connectivity index is 3.36. The fourth-order valence-corrected chi connectivity index (χ4v) is 1.37. The van der Waals surface area contributed by atoms with E-state index in [1.807, 2.05) is 19.1 Å². The van der Waals surface area contributed by atoms with Crippen molar-refractivity contribution in [1.29, 1.82) is 0 Å². The molecular weight excluding hydrogens is 182 g/mol. The van der Waals surface area contributed by atoms with Crippen molar-refractivity contribution in [1.82, 2.24) is 4.98 Å². The van der Waals surface area contributed by atoms with E-state index in [1.54, 1.807) is 0 Å². The van der Waals surface area contributed by atoms with Crippen LogP contribution in [0.3, 0.4) is 0 Å². The van der Waals surface area contributed by atoms with E-state index in [-0.39, 0.29) is 0 Å². The number of rotatable bonds is 2. The number of hydrogen-bond donors (Lipinski definition) is 0. The monoisotopic (exact) mass is 195 g/mol. The molecule has 0 aromatic carbocycles. The number of aryl methyl sites for hydroxylation is 1. The summed E-state index contributed by atoms with van der Waals surface area (Å²) >= 11 is 5.65. The second-order valence-corrected chi connectivity index (χ2v) is 3.21. The normalized spacial score (nSPS) is 13.8. The van der Waals surface area contributed by atoms with Crippen LogP contribution >= 0.6 is 11.6 Å². The first-order valence-corrected chi connectivity index (χ1v) is 5.01. The number of nitrogens with zero attached hydrogens (tertiary/aromatic N) is 1. The van der Waals surface area contributed by atoms with Crippen LogP contribution in [0.1, 0.15) is 19.0 Å². The van der Waals surface area contributed by atoms with Gasteiger partial charge in [-0.1, -0.05) is 25.1 Å². The highest BCUT2D eigenvalue weighted by molar-refractivity contribution is 6.20. The van der Waals surface area contributed by atoms with Gasteiger partial charge in [-0.25, -0.2) is 0 Å². The van der Waals surface area contributed by atoms with Gasteiger partial charge in [-0.15, -0.1) is 11.6 Å². The van der Waals surface area contributed by atoms with Crippen molar-refractivity contribution in [2.45, 2.75) is 20.3 Å². The number of pyridine rings is 1. The minimum atomic E-state index is 0.537. The SMILES string of the molecule is CC/C=c1/nc(C)cc/c1=C/CCl. The molecule has 0 aliphatic rings. The summed E-state index contributed by atoms with van der Waals surface area (Å²) in [5.74, 6) is 0.537. The van der Waals surface area contributed by atoms with Gasteiger partial charge in [-0.2, -0.15) is 0 Å². The molecule has 0 aliphatic carbocycles. The Morgan fingerprint density at radius 2 is 2.15 bits per heavy atom. The van der Waals surface area contributed by atoms with Gasteiger partial charge in [0.25, 0.3) is 0 Å². The molecule has 13 heavy (non-hydrogen) atoms. The van der Waals surface area contributed by atoms with Crippen LogP contribution in [0.25, 0.3) is 12.2 Å². The number of alkyl halides is 1. The van der Waals surface area contributed by atoms with Crippen molar-refractivity contribution in [3.63, 3.8) is 0 Å². The summed E-state index contributed by atoms with van der Waals surface area (Å²) in [6, 6.07) is 4.07. The van der Waals surface area contributed by atoms with E-state index in [2.05, 4.69) is 24.1 Å². The first kappa shape index (κ1) is 10.3. The van der Waals surface area contributed by atoms with E-state index in [0.717, 1.165) is 22.7 Å². The Hall–Kier alpha value is -0.820. The van der Waals surface area contributed by atoms with Gasteiger partial charge in [0.15, 0.2) is 0 Å². The number of hydrogen-bond acceptors (Lipinski definition) is 1. The molecule has 0 amide bonds. The van der Waals surface area contributed by atoms with Crippen molar-refractivity contribution in [2.24, 2.45) is 0 Å². The van der Waals surface area contributed by atoms with Crippen LogP contribution in [0.5, 0.6) is 0 Å². The lowest BCUT2D eigenvalue weighted by Gasteiger charge is -1.93. The highest BCUT2D eigenvalue weighted by Crippen LogP contribution is 1.83. The van der Waals surface area contributed by atoms with Gasteiger partial charge in [-0.3, -0.25) is 4.98 Å². The molecule has 1 rings (SSSR count). The molecule has 0 bridgehead atoms. The summed E-state index contributed by atoms with van der Waals surface area (Å²) < 4.78 is 0. The predicted octanol–water partition coefficient (Wildman–Crippen LogP) is 1.60. The van der Waals surface area contributed by atoms with Gasteiger partial charge in [0, 0.05) is 11.6 Å². The molecule has 0 spiro atoms. The number of aromatic nitrogens is 1. The third-order valence-corrected chi connectivity index (χ3v) is 1.95. The van der Waals surface area contributed by atoms with Crippen molar-refractivity contribution in [2.75, 3.05) is 5.88 Å². The molecule has 0 fully saturated rings. The lowest BCUT2D eigenvalue weighted by atomic mass is 10.2. The van der Waals surface area contributed by atoms with Crippen LogP contribution < -0.4 is 10.6 Å². The Bertz CT molecular complexity index is 382. The molecular formula is C11H14ClN. The second-order valence-electron chi connectivity index (χ2n) is 2.90. The average Bonchev–Trinajstić information content (AvgIpc) is 2.10. The van der Waals surface area contributed by atoms with Crippen molar-refractivity contribution in [3.8, 4) is 0 Å². The fraction of sp³-hybridized carbons (Fsp3) is 0.364. The first-order chi connectivity index (χ1) is 6.27. The maximum atomic E-state index is 5.65. The summed E-state index contributed by atoms with van der Waals surface area (Å²) in [7, 11) is 0. The van der Waals surface area contributed by atoms with Crippen LogP contribution in [-0.2, 0) is 0 Å². The summed E-state index contributed by atoms with van der Waals surface area (Å²) in [6.07, 6.45) is 5.10. The summed E-state index contributed by atoms with van der Waals surface area (Å²) in [5.41, 5.74) is 1.05. The molecule has 70 valence electrons. The van der Waals surface area contributed by atoms with Crippen molar-refractivity contribution < 1.29 is 0 Å². The van der Waals surface area contributed by atoms with Gasteiger partial charge >= 0.3 is 0 Å². The van der Waals surface area contributed by atoms with Gasteiger partial charge in [0.05, 0.1) is 5.35 Å². The predicted molar refractivity (Wildman–Crippen MR) is 58.2 cm³/mol. The molecule has 1 aromatic rings. The van der Waals surface area contributed by atoms with Crippen LogP contribution in [0, 0.1) is 6.92 Å². The smallest absolute Gasteiger partial charge is 0.0662 e. The van der Waals surface area contributed by atoms with Crippen LogP contribution in [0.15, 0.2) is 12.1 Å². The van der Waals surface area contributed by atoms with E-state index in [9.17, 15) is 0 Å². The highest BCUT2D eigenvalue weighted by atomic mass is 35.5. The Morgan fingerprint density at radius 3 is 2.77 bits per heavy atom. The first-order valence-electron chi connectivity index (χ1n) is 4.48. The quantitative estimate of drug-likeness (QED) is 0.654. The zero-order valence-electron chi connectivity index (χ0n) is 8.05. The molecule has 1 aromatic heterocycles. The minimum Gasteiger partial charge on any atom is -0.253 e. The molecule has 0 radical (unpaired) electrons. The van der Waals surface area contributed by atoms with Gasteiger partial charge in [0.2, 0.25) is 0 Å². The van der Waals surface area contributed by atoms with E-state index < -0.39 is 0 Å². The van der Waals surface area contributed by atoms with Gasteiger partial charge < -0.3 is 0 Å². The zero-order valence-corrected chi connectivity index (χ0v) is 8.80. The van der Waals surface area contributed by atoms with Crippen molar-refractivity contribution in [3.05, 3.63) is 28.4 Å². The van der Waals surface area contributed by atoms with Crippen molar-refractivity contribution >= 4 is 23.8 Å². The lowest BCUT2D eigenvalue weighted by Crippen LogP contribution is -2.28. The summed E-state index contributed by atoms with van der Waals surface area (Å²) in [5, 5.41) is 2.17. The maximum absolute atomic E-state index is 5.65. The van der Waals surface area contributed by atoms with E-state index >= 15 is 0 Å². The van der Waals surface area contributed by atoms with Crippen LogP contribution in [0.2, 0.25) is 0 Å². The average molecular weight is 196 g/mol. The molecule has 0 saturated carbocycles. The maximum Gasteiger partial charge on any atom is 0.0662 e. The molecule has 0 atom stereocenters. The van der Waals surface area contributed by atoms with Gasteiger partial charge in [-0.05, 0) is 24.6 Å².